The van der Waals surface area contributed by atoms with E-state index >= 15 is 0 Å². The van der Waals surface area contributed by atoms with Crippen molar-refractivity contribution >= 4 is 34.6 Å². The van der Waals surface area contributed by atoms with E-state index in [-0.39, 0.29) is 24.2 Å². The summed E-state index contributed by atoms with van der Waals surface area (Å²) in [6.45, 7) is 3.58. The Kier molecular flexibility index (Phi) is 5.46. The van der Waals surface area contributed by atoms with E-state index in [1.807, 2.05) is 31.4 Å². The summed E-state index contributed by atoms with van der Waals surface area (Å²) in [4.78, 5) is 28.6. The average Bonchev–Trinajstić information content (AvgIpc) is 3.14. The molecule has 5 nitrogen and oxygen atoms in total. The molecule has 2 aromatic heterocycles. The summed E-state index contributed by atoms with van der Waals surface area (Å²) in [5.74, 6) is -0.875. The number of amides is 1. The molecule has 21 heavy (non-hydrogen) atoms. The van der Waals surface area contributed by atoms with E-state index in [9.17, 15) is 9.59 Å². The molecular weight excluding hydrogens is 308 g/mol. The highest BCUT2D eigenvalue weighted by atomic mass is 32.1. The third-order valence-corrected chi connectivity index (χ3v) is 4.68. The number of hydrogen-bond donors (Lipinski definition) is 1. The molecule has 0 aliphatic carbocycles. The Morgan fingerprint density at radius 2 is 2.24 bits per heavy atom. The molecule has 1 atom stereocenters. The van der Waals surface area contributed by atoms with Crippen LogP contribution in [0.5, 0.6) is 0 Å². The Morgan fingerprint density at radius 3 is 2.90 bits per heavy atom. The Hall–Kier alpha value is -1.73. The zero-order chi connectivity index (χ0) is 15.2. The Balaban J connectivity index is 1.88. The Morgan fingerprint density at radius 1 is 1.43 bits per heavy atom. The van der Waals surface area contributed by atoms with Gasteiger partial charge in [-0.15, -0.1) is 22.7 Å². The molecular formula is C14H16N2O3S2. The van der Waals surface area contributed by atoms with Gasteiger partial charge in [0.2, 0.25) is 0 Å². The van der Waals surface area contributed by atoms with E-state index in [0.29, 0.717) is 0 Å². The highest BCUT2D eigenvalue weighted by molar-refractivity contribution is 7.20. The van der Waals surface area contributed by atoms with Gasteiger partial charge in [-0.3, -0.25) is 4.79 Å². The van der Waals surface area contributed by atoms with Crippen molar-refractivity contribution in [3.63, 3.8) is 0 Å². The third kappa shape index (κ3) is 4.37. The number of carbonyl (C=O) groups is 2. The number of hydrogen-bond acceptors (Lipinski definition) is 6. The van der Waals surface area contributed by atoms with E-state index < -0.39 is 5.97 Å². The standard InChI is InChI=1S/C14H16N2O3S2/c1-3-9(2)15-12(17)7-19-14(18)10-8-21-13(16-10)11-5-4-6-20-11/h4-6,8-9H,3,7H2,1-2H3,(H,15,17)/t9-/m1/s1. The van der Waals surface area contributed by atoms with Gasteiger partial charge in [-0.1, -0.05) is 13.0 Å². The first-order valence-corrected chi connectivity index (χ1v) is 8.32. The minimum absolute atomic E-state index is 0.0703. The van der Waals surface area contributed by atoms with Crippen LogP contribution in [0.2, 0.25) is 0 Å². The maximum Gasteiger partial charge on any atom is 0.358 e. The molecule has 0 unspecified atom stereocenters. The molecule has 0 aromatic carbocycles. The average molecular weight is 324 g/mol. The van der Waals surface area contributed by atoms with Gasteiger partial charge in [-0.05, 0) is 24.8 Å². The summed E-state index contributed by atoms with van der Waals surface area (Å²) in [6, 6.07) is 3.94. The van der Waals surface area contributed by atoms with Gasteiger partial charge in [0.1, 0.15) is 5.01 Å². The van der Waals surface area contributed by atoms with Crippen molar-refractivity contribution in [1.29, 1.82) is 0 Å². The van der Waals surface area contributed by atoms with Crippen molar-refractivity contribution in [3.8, 4) is 9.88 Å². The number of rotatable bonds is 6. The SMILES string of the molecule is CC[C@@H](C)NC(=O)COC(=O)c1csc(-c2cccs2)n1. The van der Waals surface area contributed by atoms with Crippen LogP contribution in [0.4, 0.5) is 0 Å². The molecule has 0 saturated heterocycles. The predicted octanol–water partition coefficient (Wildman–Crippen LogP) is 2.94. The van der Waals surface area contributed by atoms with Crippen molar-refractivity contribution in [2.24, 2.45) is 0 Å². The lowest BCUT2D eigenvalue weighted by Gasteiger charge is -2.10. The van der Waals surface area contributed by atoms with Gasteiger partial charge in [-0.25, -0.2) is 9.78 Å². The van der Waals surface area contributed by atoms with Gasteiger partial charge in [0.05, 0.1) is 4.88 Å². The van der Waals surface area contributed by atoms with Gasteiger partial charge in [0.25, 0.3) is 5.91 Å². The minimum atomic E-state index is -0.576. The first kappa shape index (κ1) is 15.7. The molecule has 0 aliphatic heterocycles. The normalized spacial score (nSPS) is 11.9. The molecule has 2 rings (SSSR count). The molecule has 112 valence electrons. The highest BCUT2D eigenvalue weighted by Crippen LogP contribution is 2.27. The predicted molar refractivity (Wildman–Crippen MR) is 83.6 cm³/mol. The summed E-state index contributed by atoms with van der Waals surface area (Å²) in [5, 5.41) is 7.11. The van der Waals surface area contributed by atoms with Crippen LogP contribution in [-0.2, 0) is 9.53 Å². The van der Waals surface area contributed by atoms with Crippen LogP contribution in [0, 0.1) is 0 Å². The van der Waals surface area contributed by atoms with E-state index in [4.69, 9.17) is 4.74 Å². The van der Waals surface area contributed by atoms with Gasteiger partial charge >= 0.3 is 5.97 Å². The zero-order valence-corrected chi connectivity index (χ0v) is 13.4. The number of nitrogens with zero attached hydrogens (tertiary/aromatic N) is 1. The second-order valence-electron chi connectivity index (χ2n) is 4.47. The number of nitrogens with one attached hydrogen (secondary N) is 1. The summed E-state index contributed by atoms with van der Waals surface area (Å²) in [5.41, 5.74) is 0.236. The van der Waals surface area contributed by atoms with Gasteiger partial charge in [-0.2, -0.15) is 0 Å². The van der Waals surface area contributed by atoms with Gasteiger partial charge in [0.15, 0.2) is 12.3 Å². The molecule has 0 spiro atoms. The summed E-state index contributed by atoms with van der Waals surface area (Å²) >= 11 is 2.94. The number of ether oxygens (including phenoxy) is 1. The highest BCUT2D eigenvalue weighted by Gasteiger charge is 2.15. The summed E-state index contributed by atoms with van der Waals surface area (Å²) in [7, 11) is 0. The summed E-state index contributed by atoms with van der Waals surface area (Å²) < 4.78 is 4.96. The number of thiophene rings is 1. The van der Waals surface area contributed by atoms with Crippen molar-refractivity contribution < 1.29 is 14.3 Å². The fourth-order valence-corrected chi connectivity index (χ4v) is 3.11. The number of aromatic nitrogens is 1. The monoisotopic (exact) mass is 324 g/mol. The number of esters is 1. The van der Waals surface area contributed by atoms with Crippen LogP contribution < -0.4 is 5.32 Å². The van der Waals surface area contributed by atoms with E-state index in [1.54, 1.807) is 16.7 Å². The fourth-order valence-electron chi connectivity index (χ4n) is 1.50. The topological polar surface area (TPSA) is 68.3 Å². The maximum atomic E-state index is 11.8. The van der Waals surface area contributed by atoms with Crippen molar-refractivity contribution in [3.05, 3.63) is 28.6 Å². The van der Waals surface area contributed by atoms with Crippen LogP contribution in [0.1, 0.15) is 30.8 Å². The van der Waals surface area contributed by atoms with E-state index in [0.717, 1.165) is 16.3 Å². The van der Waals surface area contributed by atoms with Crippen LogP contribution in [-0.4, -0.2) is 29.5 Å². The van der Waals surface area contributed by atoms with Crippen molar-refractivity contribution in [2.75, 3.05) is 6.61 Å². The van der Waals surface area contributed by atoms with Gasteiger partial charge in [0, 0.05) is 11.4 Å². The third-order valence-electron chi connectivity index (χ3n) is 2.80. The van der Waals surface area contributed by atoms with E-state index in [2.05, 4.69) is 10.3 Å². The number of carbonyl (C=O) groups excluding carboxylic acids is 2. The van der Waals surface area contributed by atoms with Crippen LogP contribution >= 0.6 is 22.7 Å². The fraction of sp³-hybridized carbons (Fsp3) is 0.357. The quantitative estimate of drug-likeness (QED) is 0.830. The second kappa shape index (κ2) is 7.33. The summed E-state index contributed by atoms with van der Waals surface area (Å²) in [6.07, 6.45) is 0.829. The van der Waals surface area contributed by atoms with Crippen molar-refractivity contribution in [2.45, 2.75) is 26.3 Å². The molecule has 0 saturated carbocycles. The first-order chi connectivity index (χ1) is 10.1. The molecule has 0 fully saturated rings. The first-order valence-electron chi connectivity index (χ1n) is 6.56. The Bertz CT molecular complexity index is 608. The molecule has 2 heterocycles. The largest absolute Gasteiger partial charge is 0.451 e. The zero-order valence-electron chi connectivity index (χ0n) is 11.8. The lowest BCUT2D eigenvalue weighted by Crippen LogP contribution is -2.35. The molecule has 1 amide bonds. The molecule has 0 radical (unpaired) electrons. The van der Waals surface area contributed by atoms with Crippen LogP contribution in [0.3, 0.4) is 0 Å². The molecule has 1 N–H and O–H groups in total. The van der Waals surface area contributed by atoms with Crippen LogP contribution in [0.15, 0.2) is 22.9 Å². The van der Waals surface area contributed by atoms with E-state index in [1.165, 1.54) is 11.3 Å². The molecule has 0 aliphatic rings. The lowest BCUT2D eigenvalue weighted by molar-refractivity contribution is -0.124. The molecule has 0 bridgehead atoms. The Labute approximate surface area is 131 Å². The van der Waals surface area contributed by atoms with Crippen LogP contribution in [0.25, 0.3) is 9.88 Å². The molecule has 2 aromatic rings. The maximum absolute atomic E-state index is 11.8. The number of thiazole rings is 1. The van der Waals surface area contributed by atoms with Gasteiger partial charge < -0.3 is 10.1 Å². The molecule has 7 heteroatoms. The lowest BCUT2D eigenvalue weighted by atomic mass is 10.2. The van der Waals surface area contributed by atoms with Crippen molar-refractivity contribution in [1.82, 2.24) is 10.3 Å². The minimum Gasteiger partial charge on any atom is -0.451 e. The smallest absolute Gasteiger partial charge is 0.358 e. The second-order valence-corrected chi connectivity index (χ2v) is 6.27.